The van der Waals surface area contributed by atoms with Crippen LogP contribution in [0.5, 0.6) is 5.75 Å². The number of rotatable bonds is 11. The number of para-hydroxylation sites is 1. The van der Waals surface area contributed by atoms with Gasteiger partial charge in [-0.15, -0.1) is 0 Å². The van der Waals surface area contributed by atoms with Crippen LogP contribution < -0.4 is 4.74 Å². The van der Waals surface area contributed by atoms with Crippen LogP contribution in [0.15, 0.2) is 83.5 Å². The van der Waals surface area contributed by atoms with Crippen LogP contribution in [0.25, 0.3) is 11.3 Å². The van der Waals surface area contributed by atoms with Gasteiger partial charge in [-0.25, -0.2) is 0 Å². The molecule has 35 heavy (non-hydrogen) atoms. The van der Waals surface area contributed by atoms with Crippen LogP contribution >= 0.6 is 0 Å². The Labute approximate surface area is 202 Å². The number of nitrogens with zero attached hydrogens (tertiary/aromatic N) is 1. The number of carboxylic acid groups (broad SMARTS) is 1. The van der Waals surface area contributed by atoms with E-state index in [0.29, 0.717) is 30.6 Å². The van der Waals surface area contributed by atoms with E-state index in [1.54, 1.807) is 66.9 Å². The molecule has 1 aliphatic carbocycles. The van der Waals surface area contributed by atoms with Crippen molar-refractivity contribution in [3.05, 3.63) is 90.2 Å². The van der Waals surface area contributed by atoms with Crippen molar-refractivity contribution in [1.82, 2.24) is 4.90 Å². The Morgan fingerprint density at radius 1 is 1.03 bits per heavy atom. The van der Waals surface area contributed by atoms with E-state index in [-0.39, 0.29) is 30.4 Å². The number of benzene rings is 2. The average Bonchev–Trinajstić information content (AvgIpc) is 3.51. The van der Waals surface area contributed by atoms with E-state index in [4.69, 9.17) is 14.3 Å². The zero-order valence-corrected chi connectivity index (χ0v) is 19.0. The summed E-state index contributed by atoms with van der Waals surface area (Å²) in [6.45, 7) is 0.109. The second-order valence-corrected chi connectivity index (χ2v) is 8.31. The van der Waals surface area contributed by atoms with Crippen molar-refractivity contribution in [1.29, 1.82) is 0 Å². The van der Waals surface area contributed by atoms with Crippen LogP contribution in [0.1, 0.15) is 41.6 Å². The summed E-state index contributed by atoms with van der Waals surface area (Å²) in [5, 5.41) is 31.2. The van der Waals surface area contributed by atoms with E-state index in [2.05, 4.69) is 0 Å². The number of amides is 1. The van der Waals surface area contributed by atoms with Crippen LogP contribution in [0, 0.1) is 0 Å². The molecule has 3 N–H and O–H groups in total. The first kappa shape index (κ1) is 24.3. The fourth-order valence-electron chi connectivity index (χ4n) is 3.78. The van der Waals surface area contributed by atoms with Gasteiger partial charge in [0.25, 0.3) is 11.8 Å². The number of hydrogen-bond acceptors (Lipinski definition) is 6. The van der Waals surface area contributed by atoms with Crippen molar-refractivity contribution in [2.24, 2.45) is 0 Å². The van der Waals surface area contributed by atoms with Crippen molar-refractivity contribution in [3.8, 4) is 17.1 Å². The molecular formula is C27H27NO7. The number of furan rings is 1. The molecule has 4 rings (SSSR count). The van der Waals surface area contributed by atoms with Crippen molar-refractivity contribution in [2.45, 2.75) is 37.6 Å². The molecule has 0 aliphatic heterocycles. The molecule has 1 amide bonds. The van der Waals surface area contributed by atoms with Gasteiger partial charge in [0, 0.05) is 23.6 Å². The quantitative estimate of drug-likeness (QED) is 0.280. The second kappa shape index (κ2) is 10.6. The lowest BCUT2D eigenvalue weighted by molar-refractivity contribution is -0.259. The number of carbonyl (C=O) groups is 2. The highest BCUT2D eigenvalue weighted by Crippen LogP contribution is 2.40. The molecule has 0 atom stereocenters. The van der Waals surface area contributed by atoms with Gasteiger partial charge in [-0.1, -0.05) is 36.4 Å². The van der Waals surface area contributed by atoms with Gasteiger partial charge < -0.3 is 24.5 Å². The van der Waals surface area contributed by atoms with Crippen LogP contribution in [-0.4, -0.2) is 44.7 Å². The summed E-state index contributed by atoms with van der Waals surface area (Å²) >= 11 is 0. The third-order valence-corrected chi connectivity index (χ3v) is 5.68. The highest BCUT2D eigenvalue weighted by molar-refractivity contribution is 5.95. The second-order valence-electron chi connectivity index (χ2n) is 8.31. The fourth-order valence-corrected chi connectivity index (χ4v) is 3.78. The molecule has 0 radical (unpaired) electrons. The summed E-state index contributed by atoms with van der Waals surface area (Å²) < 4.78 is 11.1. The Kier molecular flexibility index (Phi) is 7.33. The predicted molar refractivity (Wildman–Crippen MR) is 127 cm³/mol. The zero-order valence-electron chi connectivity index (χ0n) is 19.0. The summed E-state index contributed by atoms with van der Waals surface area (Å²) in [5.41, 5.74) is 1.17. The molecule has 1 aromatic heterocycles. The van der Waals surface area contributed by atoms with E-state index in [1.807, 2.05) is 6.07 Å². The number of allylic oxidation sites excluding steroid dienone is 1. The number of hydrogen-bond donors (Lipinski definition) is 3. The van der Waals surface area contributed by atoms with Crippen LogP contribution in [0.4, 0.5) is 0 Å². The Balaban J connectivity index is 1.53. The maximum absolute atomic E-state index is 13.4. The summed E-state index contributed by atoms with van der Waals surface area (Å²) in [4.78, 5) is 25.1. The maximum atomic E-state index is 13.4. The minimum atomic E-state index is -2.60. The van der Waals surface area contributed by atoms with E-state index >= 15 is 0 Å². The molecule has 1 heterocycles. The molecule has 3 aromatic rings. The first-order chi connectivity index (χ1) is 16.9. The lowest BCUT2D eigenvalue weighted by Gasteiger charge is -2.36. The van der Waals surface area contributed by atoms with Crippen LogP contribution in [0.3, 0.4) is 0 Å². The van der Waals surface area contributed by atoms with Crippen LogP contribution in [-0.2, 0) is 10.7 Å². The summed E-state index contributed by atoms with van der Waals surface area (Å²) in [7, 11) is 0. The van der Waals surface area contributed by atoms with Gasteiger partial charge in [-0.2, -0.15) is 0 Å². The molecule has 8 nitrogen and oxygen atoms in total. The molecule has 182 valence electrons. The zero-order chi connectivity index (χ0) is 24.8. The number of aliphatic hydroxyl groups is 2. The molecule has 0 bridgehead atoms. The van der Waals surface area contributed by atoms with Gasteiger partial charge in [-0.05, 0) is 55.7 Å². The summed E-state index contributed by atoms with van der Waals surface area (Å²) in [6.07, 6.45) is 6.63. The average molecular weight is 478 g/mol. The number of carbonyl (C=O) groups excluding carboxylic acids is 1. The topological polar surface area (TPSA) is 120 Å². The summed E-state index contributed by atoms with van der Waals surface area (Å²) in [5.74, 6) is -3.10. The van der Waals surface area contributed by atoms with E-state index in [9.17, 15) is 19.8 Å². The normalized spacial score (nSPS) is 13.7. The summed E-state index contributed by atoms with van der Waals surface area (Å²) in [6, 6.07) is 16.5. The first-order valence-electron chi connectivity index (χ1n) is 11.4. The predicted octanol–water partition coefficient (Wildman–Crippen LogP) is 4.15. The largest absolute Gasteiger partial charge is 0.489 e. The number of ether oxygens (including phenoxy) is 1. The van der Waals surface area contributed by atoms with Gasteiger partial charge in [0.05, 0.1) is 11.8 Å². The van der Waals surface area contributed by atoms with Gasteiger partial charge >= 0.3 is 5.97 Å². The SMILES string of the molecule is O=C(O)CC/C=C\COc1ccccc1C(O)(O)N(C(=O)c1ccc(-c2ccco2)cc1)C1CC1. The van der Waals surface area contributed by atoms with Crippen molar-refractivity contribution in [3.63, 3.8) is 0 Å². The molecule has 1 aliphatic rings. The minimum Gasteiger partial charge on any atom is -0.489 e. The fraction of sp³-hybridized carbons (Fsp3) is 0.259. The molecule has 0 spiro atoms. The molecule has 1 saturated carbocycles. The van der Waals surface area contributed by atoms with Gasteiger partial charge in [0.15, 0.2) is 0 Å². The molecule has 8 heteroatoms. The Morgan fingerprint density at radius 2 is 1.77 bits per heavy atom. The lowest BCUT2D eigenvalue weighted by atomic mass is 10.1. The third kappa shape index (κ3) is 5.79. The maximum Gasteiger partial charge on any atom is 0.303 e. The van der Waals surface area contributed by atoms with E-state index in [0.717, 1.165) is 10.5 Å². The Morgan fingerprint density at radius 3 is 2.43 bits per heavy atom. The first-order valence-corrected chi connectivity index (χ1v) is 11.4. The molecule has 0 unspecified atom stereocenters. The van der Waals surface area contributed by atoms with Crippen LogP contribution in [0.2, 0.25) is 0 Å². The molecule has 1 fully saturated rings. The Hall–Kier alpha value is -3.88. The minimum absolute atomic E-state index is 0.0183. The van der Waals surface area contributed by atoms with Gasteiger partial charge in [-0.3, -0.25) is 14.5 Å². The smallest absolute Gasteiger partial charge is 0.303 e. The van der Waals surface area contributed by atoms with Gasteiger partial charge in [0.2, 0.25) is 0 Å². The number of carboxylic acids is 1. The van der Waals surface area contributed by atoms with Crippen molar-refractivity contribution in [2.75, 3.05) is 6.61 Å². The lowest BCUT2D eigenvalue weighted by Crippen LogP contribution is -2.51. The number of aliphatic carboxylic acids is 1. The highest BCUT2D eigenvalue weighted by atomic mass is 16.5. The third-order valence-electron chi connectivity index (χ3n) is 5.68. The Bertz CT molecular complexity index is 1180. The molecule has 0 saturated heterocycles. The highest BCUT2D eigenvalue weighted by Gasteiger charge is 2.48. The van der Waals surface area contributed by atoms with E-state index < -0.39 is 17.8 Å². The van der Waals surface area contributed by atoms with Crippen molar-refractivity contribution >= 4 is 11.9 Å². The molecular weight excluding hydrogens is 450 g/mol. The standard InChI is InChI=1S/C27H27NO7/c29-25(30)10-2-1-5-17-35-24-8-4-3-7-22(24)27(32,33)28(21-15-16-21)26(31)20-13-11-19(12-14-20)23-9-6-18-34-23/h1,3-9,11-14,18,21,32-33H,2,10,15-17H2,(H,29,30)/b5-1-. The van der Waals surface area contributed by atoms with Crippen molar-refractivity contribution < 1.29 is 34.1 Å². The molecule has 2 aromatic carbocycles. The monoisotopic (exact) mass is 477 g/mol. The van der Waals surface area contributed by atoms with E-state index in [1.165, 1.54) is 6.07 Å². The van der Waals surface area contributed by atoms with Gasteiger partial charge in [0.1, 0.15) is 18.1 Å².